The normalized spacial score (nSPS) is 18.8. The molecule has 0 spiro atoms. The van der Waals surface area contributed by atoms with Crippen LogP contribution in [0.3, 0.4) is 0 Å². The zero-order valence-corrected chi connectivity index (χ0v) is 18.8. The van der Waals surface area contributed by atoms with Crippen LogP contribution in [0.2, 0.25) is 0 Å². The zero-order chi connectivity index (χ0) is 22.2. The third-order valence-electron chi connectivity index (χ3n) is 6.14. The number of hydrogen-bond donors (Lipinski definition) is 1. The van der Waals surface area contributed by atoms with E-state index in [2.05, 4.69) is 33.3 Å². The van der Waals surface area contributed by atoms with Crippen molar-refractivity contribution in [1.29, 1.82) is 0 Å². The number of amides is 1. The number of benzene rings is 2. The molecule has 2 aromatic carbocycles. The minimum absolute atomic E-state index is 0.0411. The van der Waals surface area contributed by atoms with E-state index in [0.29, 0.717) is 25.3 Å². The van der Waals surface area contributed by atoms with E-state index in [4.69, 9.17) is 14.2 Å². The number of methoxy groups -OCH3 is 1. The summed E-state index contributed by atoms with van der Waals surface area (Å²) in [7, 11) is 1.67. The zero-order valence-electron chi connectivity index (χ0n) is 18.8. The highest BCUT2D eigenvalue weighted by atomic mass is 16.5. The van der Waals surface area contributed by atoms with Gasteiger partial charge in [-0.15, -0.1) is 0 Å². The van der Waals surface area contributed by atoms with Crippen LogP contribution < -0.4 is 10.1 Å². The minimum Gasteiger partial charge on any atom is -0.497 e. The van der Waals surface area contributed by atoms with E-state index in [-0.39, 0.29) is 11.9 Å². The smallest absolute Gasteiger partial charge is 0.251 e. The average molecular weight is 440 g/mol. The molecule has 1 atom stereocenters. The largest absolute Gasteiger partial charge is 0.497 e. The molecule has 2 aliphatic heterocycles. The number of carbonyl (C=O) groups is 1. The van der Waals surface area contributed by atoms with E-state index in [1.165, 1.54) is 0 Å². The molecule has 4 rings (SSSR count). The summed E-state index contributed by atoms with van der Waals surface area (Å²) in [5.74, 6) is 0.788. The predicted molar refractivity (Wildman–Crippen MR) is 123 cm³/mol. The van der Waals surface area contributed by atoms with Gasteiger partial charge in [-0.05, 0) is 35.4 Å². The van der Waals surface area contributed by atoms with E-state index in [1.54, 1.807) is 7.11 Å². The third-order valence-corrected chi connectivity index (χ3v) is 6.14. The maximum Gasteiger partial charge on any atom is 0.251 e. The van der Waals surface area contributed by atoms with E-state index < -0.39 is 0 Å². The molecule has 1 N–H and O–H groups in total. The number of rotatable bonds is 8. The Morgan fingerprint density at radius 1 is 1.00 bits per heavy atom. The van der Waals surface area contributed by atoms with Gasteiger partial charge in [-0.1, -0.05) is 24.3 Å². The van der Waals surface area contributed by atoms with Crippen molar-refractivity contribution in [3.63, 3.8) is 0 Å². The SMILES string of the molecule is COc1ccc(C(CNC(=O)c2cccc(CN3CCOCC3)c2)N2CCOCC2)cc1. The number of carbonyl (C=O) groups excluding carboxylic acids is 1. The Morgan fingerprint density at radius 2 is 1.69 bits per heavy atom. The molecule has 172 valence electrons. The summed E-state index contributed by atoms with van der Waals surface area (Å²) in [5, 5.41) is 3.17. The van der Waals surface area contributed by atoms with E-state index in [9.17, 15) is 4.79 Å². The lowest BCUT2D eigenvalue weighted by Crippen LogP contribution is -2.43. The first-order chi connectivity index (χ1) is 15.7. The van der Waals surface area contributed by atoms with Gasteiger partial charge in [-0.3, -0.25) is 14.6 Å². The molecule has 1 amide bonds. The van der Waals surface area contributed by atoms with Crippen LogP contribution in [0.1, 0.15) is 27.5 Å². The van der Waals surface area contributed by atoms with Gasteiger partial charge in [0.15, 0.2) is 0 Å². The Balaban J connectivity index is 1.41. The summed E-state index contributed by atoms with van der Waals surface area (Å²) in [6, 6.07) is 16.1. The Labute approximate surface area is 190 Å². The van der Waals surface area contributed by atoms with Gasteiger partial charge in [-0.25, -0.2) is 0 Å². The highest BCUT2D eigenvalue weighted by Crippen LogP contribution is 2.24. The molecule has 2 fully saturated rings. The van der Waals surface area contributed by atoms with Crippen LogP contribution in [-0.2, 0) is 16.0 Å². The van der Waals surface area contributed by atoms with Gasteiger partial charge in [0.05, 0.1) is 39.6 Å². The van der Waals surface area contributed by atoms with Crippen molar-refractivity contribution in [2.45, 2.75) is 12.6 Å². The Kier molecular flexibility index (Phi) is 8.12. The maximum atomic E-state index is 13.0. The summed E-state index contributed by atoms with van der Waals surface area (Å²) in [4.78, 5) is 17.7. The highest BCUT2D eigenvalue weighted by molar-refractivity contribution is 5.94. The van der Waals surface area contributed by atoms with Crippen molar-refractivity contribution in [1.82, 2.24) is 15.1 Å². The lowest BCUT2D eigenvalue weighted by atomic mass is 10.0. The first-order valence-corrected chi connectivity index (χ1v) is 11.4. The first-order valence-electron chi connectivity index (χ1n) is 11.4. The number of hydrogen-bond acceptors (Lipinski definition) is 6. The van der Waals surface area contributed by atoms with Crippen LogP contribution in [-0.4, -0.2) is 82.0 Å². The topological polar surface area (TPSA) is 63.3 Å². The quantitative estimate of drug-likeness (QED) is 0.681. The number of nitrogens with zero attached hydrogens (tertiary/aromatic N) is 2. The summed E-state index contributed by atoms with van der Waals surface area (Å²) in [6.45, 7) is 7.91. The molecular weight excluding hydrogens is 406 g/mol. The number of nitrogens with one attached hydrogen (secondary N) is 1. The highest BCUT2D eigenvalue weighted by Gasteiger charge is 2.23. The molecule has 2 saturated heterocycles. The molecule has 0 bridgehead atoms. The van der Waals surface area contributed by atoms with Crippen LogP contribution in [0.15, 0.2) is 48.5 Å². The molecule has 0 radical (unpaired) electrons. The summed E-state index contributed by atoms with van der Waals surface area (Å²) in [6.07, 6.45) is 0. The summed E-state index contributed by atoms with van der Waals surface area (Å²) in [5.41, 5.74) is 3.01. The van der Waals surface area contributed by atoms with Crippen LogP contribution >= 0.6 is 0 Å². The second kappa shape index (κ2) is 11.4. The first kappa shape index (κ1) is 22.7. The van der Waals surface area contributed by atoms with Crippen molar-refractivity contribution < 1.29 is 19.0 Å². The molecule has 32 heavy (non-hydrogen) atoms. The van der Waals surface area contributed by atoms with Gasteiger partial charge in [0.2, 0.25) is 0 Å². The third kappa shape index (κ3) is 6.07. The van der Waals surface area contributed by atoms with Gasteiger partial charge in [-0.2, -0.15) is 0 Å². The fourth-order valence-electron chi connectivity index (χ4n) is 4.29. The van der Waals surface area contributed by atoms with Crippen molar-refractivity contribution in [2.75, 3.05) is 66.3 Å². The second-order valence-corrected chi connectivity index (χ2v) is 8.24. The van der Waals surface area contributed by atoms with Crippen molar-refractivity contribution >= 4 is 5.91 Å². The molecule has 7 nitrogen and oxygen atoms in total. The van der Waals surface area contributed by atoms with Gasteiger partial charge in [0.1, 0.15) is 5.75 Å². The lowest BCUT2D eigenvalue weighted by molar-refractivity contribution is 0.0162. The molecule has 2 aromatic rings. The number of ether oxygens (including phenoxy) is 3. The monoisotopic (exact) mass is 439 g/mol. The van der Waals surface area contributed by atoms with Crippen LogP contribution in [0.4, 0.5) is 0 Å². The fourth-order valence-corrected chi connectivity index (χ4v) is 4.29. The molecule has 2 aliphatic rings. The van der Waals surface area contributed by atoms with Gasteiger partial charge >= 0.3 is 0 Å². The Hall–Kier alpha value is -2.45. The van der Waals surface area contributed by atoms with Crippen LogP contribution in [0.5, 0.6) is 5.75 Å². The summed E-state index contributed by atoms with van der Waals surface area (Å²) >= 11 is 0. The molecule has 0 aromatic heterocycles. The van der Waals surface area contributed by atoms with Gasteiger partial charge < -0.3 is 19.5 Å². The number of morpholine rings is 2. The Morgan fingerprint density at radius 3 is 2.38 bits per heavy atom. The standard InChI is InChI=1S/C25H33N3O4/c1-30-23-7-5-21(6-8-23)24(28-11-15-32-16-12-28)18-26-25(29)22-4-2-3-20(17-22)19-27-9-13-31-14-10-27/h2-8,17,24H,9-16,18-19H2,1H3,(H,26,29). The summed E-state index contributed by atoms with van der Waals surface area (Å²) < 4.78 is 16.3. The van der Waals surface area contributed by atoms with Crippen molar-refractivity contribution in [3.8, 4) is 5.75 Å². The molecule has 7 heteroatoms. The predicted octanol–water partition coefficient (Wildman–Crippen LogP) is 2.33. The lowest BCUT2D eigenvalue weighted by Gasteiger charge is -2.35. The van der Waals surface area contributed by atoms with E-state index in [1.807, 2.05) is 30.3 Å². The molecule has 0 aliphatic carbocycles. The molecule has 0 saturated carbocycles. The molecule has 2 heterocycles. The van der Waals surface area contributed by atoms with Crippen LogP contribution in [0, 0.1) is 0 Å². The minimum atomic E-state index is -0.0411. The second-order valence-electron chi connectivity index (χ2n) is 8.24. The van der Waals surface area contributed by atoms with Crippen molar-refractivity contribution in [3.05, 3.63) is 65.2 Å². The van der Waals surface area contributed by atoms with E-state index in [0.717, 1.165) is 62.8 Å². The molecule has 1 unspecified atom stereocenters. The fraction of sp³-hybridized carbons (Fsp3) is 0.480. The van der Waals surface area contributed by atoms with Crippen molar-refractivity contribution in [2.24, 2.45) is 0 Å². The Bertz CT molecular complexity index is 862. The van der Waals surface area contributed by atoms with Gasteiger partial charge in [0.25, 0.3) is 5.91 Å². The average Bonchev–Trinajstić information content (AvgIpc) is 2.86. The van der Waals surface area contributed by atoms with E-state index >= 15 is 0 Å². The van der Waals surface area contributed by atoms with Crippen LogP contribution in [0.25, 0.3) is 0 Å². The maximum absolute atomic E-state index is 13.0. The van der Waals surface area contributed by atoms with Gasteiger partial charge in [0, 0.05) is 44.8 Å². The molecular formula is C25H33N3O4.